The summed E-state index contributed by atoms with van der Waals surface area (Å²) in [5.74, 6) is 0.971. The molecule has 176 valence electrons. The van der Waals surface area contributed by atoms with E-state index in [-0.39, 0.29) is 35.6 Å². The molecule has 1 aliphatic heterocycles. The van der Waals surface area contributed by atoms with Crippen LogP contribution in [0.4, 0.5) is 5.69 Å². The quantitative estimate of drug-likeness (QED) is 0.472. The second-order valence-electron chi connectivity index (χ2n) is 9.92. The first-order valence-electron chi connectivity index (χ1n) is 11.7. The molecule has 1 fully saturated rings. The Bertz CT molecular complexity index is 1130. The van der Waals surface area contributed by atoms with Crippen LogP contribution in [0.25, 0.3) is 0 Å². The minimum atomic E-state index is -0.365. The van der Waals surface area contributed by atoms with Crippen LogP contribution < -0.4 is 10.1 Å². The summed E-state index contributed by atoms with van der Waals surface area (Å²) in [6.07, 6.45) is 0.231. The largest absolute Gasteiger partial charge is 0.457 e. The molecular weight excluding hydrogens is 424 g/mol. The average molecular weight is 457 g/mol. The second-order valence-corrected chi connectivity index (χ2v) is 9.92. The molecule has 0 unspecified atom stereocenters. The topological polar surface area (TPSA) is 58.6 Å². The van der Waals surface area contributed by atoms with Gasteiger partial charge in [0.2, 0.25) is 11.8 Å². The summed E-state index contributed by atoms with van der Waals surface area (Å²) in [6, 6.07) is 25.2. The van der Waals surface area contributed by atoms with Crippen LogP contribution >= 0.6 is 0 Å². The van der Waals surface area contributed by atoms with Crippen molar-refractivity contribution in [2.24, 2.45) is 5.92 Å². The van der Waals surface area contributed by atoms with Gasteiger partial charge in [-0.15, -0.1) is 0 Å². The van der Waals surface area contributed by atoms with E-state index in [0.717, 1.165) is 11.3 Å². The van der Waals surface area contributed by atoms with E-state index in [0.29, 0.717) is 18.0 Å². The van der Waals surface area contributed by atoms with Crippen molar-refractivity contribution in [2.75, 3.05) is 11.9 Å². The number of amides is 2. The highest BCUT2D eigenvalue weighted by atomic mass is 16.5. The number of hydrogen-bond acceptors (Lipinski definition) is 3. The highest BCUT2D eigenvalue weighted by molar-refractivity contribution is 5.97. The predicted octanol–water partition coefficient (Wildman–Crippen LogP) is 6.32. The average Bonchev–Trinajstić information content (AvgIpc) is 3.22. The molecule has 4 rings (SSSR count). The van der Waals surface area contributed by atoms with Crippen molar-refractivity contribution in [1.82, 2.24) is 4.90 Å². The number of anilines is 1. The molecule has 0 aliphatic carbocycles. The molecule has 0 radical (unpaired) electrons. The summed E-state index contributed by atoms with van der Waals surface area (Å²) in [5.41, 5.74) is 3.10. The maximum Gasteiger partial charge on any atom is 0.229 e. The van der Waals surface area contributed by atoms with Gasteiger partial charge >= 0.3 is 0 Å². The fraction of sp³-hybridized carbons (Fsp3) is 0.310. The molecule has 2 atom stereocenters. The highest BCUT2D eigenvalue weighted by Gasteiger charge is 2.37. The van der Waals surface area contributed by atoms with Gasteiger partial charge in [0.15, 0.2) is 0 Å². The third kappa shape index (κ3) is 5.48. The molecule has 1 N–H and O–H groups in total. The maximum atomic E-state index is 12.8. The van der Waals surface area contributed by atoms with Crippen LogP contribution in [0.15, 0.2) is 78.9 Å². The van der Waals surface area contributed by atoms with Crippen molar-refractivity contribution in [2.45, 2.75) is 45.6 Å². The molecule has 1 aliphatic rings. The maximum absolute atomic E-state index is 12.8. The fourth-order valence-corrected chi connectivity index (χ4v) is 4.20. The highest BCUT2D eigenvalue weighted by Crippen LogP contribution is 2.30. The molecule has 1 saturated heterocycles. The van der Waals surface area contributed by atoms with E-state index < -0.39 is 0 Å². The minimum absolute atomic E-state index is 0.0118. The molecule has 2 amide bonds. The molecule has 3 aromatic carbocycles. The fourth-order valence-electron chi connectivity index (χ4n) is 4.20. The van der Waals surface area contributed by atoms with Gasteiger partial charge in [-0.1, -0.05) is 63.2 Å². The standard InChI is InChI=1S/C29H32N2O3/c1-20(21-8-6-5-7-9-21)31-19-22(18-27(31)32)28(33)30-24-12-16-26(17-13-24)34-25-14-10-23(11-15-25)29(2,3)4/h5-17,20,22H,18-19H2,1-4H3,(H,30,33)/t20-,22+/m1/s1. The SMILES string of the molecule is C[C@H](c1ccccc1)N1C[C@@H](C(=O)Nc2ccc(Oc3ccc(C(C)(C)C)cc3)cc2)CC1=O. The van der Waals surface area contributed by atoms with Crippen molar-refractivity contribution in [1.29, 1.82) is 0 Å². The zero-order valence-corrected chi connectivity index (χ0v) is 20.2. The van der Waals surface area contributed by atoms with Gasteiger partial charge in [0.1, 0.15) is 11.5 Å². The molecular formula is C29H32N2O3. The lowest BCUT2D eigenvalue weighted by Gasteiger charge is -2.25. The number of likely N-dealkylation sites (tertiary alicyclic amines) is 1. The third-order valence-electron chi connectivity index (χ3n) is 6.36. The number of rotatable bonds is 6. The number of carbonyl (C=O) groups is 2. The minimum Gasteiger partial charge on any atom is -0.457 e. The van der Waals surface area contributed by atoms with E-state index in [2.05, 4.69) is 38.2 Å². The van der Waals surface area contributed by atoms with Crippen molar-refractivity contribution in [3.8, 4) is 11.5 Å². The Kier molecular flexibility index (Phi) is 6.73. The Labute approximate surface area is 201 Å². The number of benzene rings is 3. The summed E-state index contributed by atoms with van der Waals surface area (Å²) < 4.78 is 5.94. The second kappa shape index (κ2) is 9.72. The first kappa shape index (κ1) is 23.6. The Morgan fingerprint density at radius 3 is 2.12 bits per heavy atom. The van der Waals surface area contributed by atoms with Gasteiger partial charge in [0.05, 0.1) is 12.0 Å². The summed E-state index contributed by atoms with van der Waals surface area (Å²) in [5, 5.41) is 2.95. The molecule has 0 aromatic heterocycles. The molecule has 0 bridgehead atoms. The summed E-state index contributed by atoms with van der Waals surface area (Å²) in [6.45, 7) is 8.96. The van der Waals surface area contributed by atoms with Gasteiger partial charge in [0.25, 0.3) is 0 Å². The van der Waals surface area contributed by atoms with Crippen LogP contribution in [0.3, 0.4) is 0 Å². The molecule has 0 spiro atoms. The number of carbonyl (C=O) groups excluding carboxylic acids is 2. The van der Waals surface area contributed by atoms with Crippen molar-refractivity contribution >= 4 is 17.5 Å². The lowest BCUT2D eigenvalue weighted by molar-refractivity contribution is -0.129. The van der Waals surface area contributed by atoms with Crippen LogP contribution in [0.2, 0.25) is 0 Å². The van der Waals surface area contributed by atoms with Crippen molar-refractivity contribution in [3.05, 3.63) is 90.0 Å². The molecule has 34 heavy (non-hydrogen) atoms. The van der Waals surface area contributed by atoms with Gasteiger partial charge in [-0.05, 0) is 59.9 Å². The van der Waals surface area contributed by atoms with Gasteiger partial charge in [-0.3, -0.25) is 9.59 Å². The molecule has 0 saturated carbocycles. The van der Waals surface area contributed by atoms with Crippen molar-refractivity contribution in [3.63, 3.8) is 0 Å². The lowest BCUT2D eigenvalue weighted by atomic mass is 9.87. The Hall–Kier alpha value is -3.60. The van der Waals surface area contributed by atoms with Crippen molar-refractivity contribution < 1.29 is 14.3 Å². The zero-order valence-electron chi connectivity index (χ0n) is 20.2. The summed E-state index contributed by atoms with van der Waals surface area (Å²) >= 11 is 0. The first-order valence-corrected chi connectivity index (χ1v) is 11.7. The molecule has 3 aromatic rings. The van der Waals surface area contributed by atoms with Gasteiger partial charge < -0.3 is 15.0 Å². The van der Waals surface area contributed by atoms with E-state index in [4.69, 9.17) is 4.74 Å². The molecule has 5 heteroatoms. The van der Waals surface area contributed by atoms with E-state index >= 15 is 0 Å². The Morgan fingerprint density at radius 2 is 1.53 bits per heavy atom. The first-order chi connectivity index (χ1) is 16.2. The van der Waals surface area contributed by atoms with Crippen LogP contribution in [0.1, 0.15) is 51.3 Å². The van der Waals surface area contributed by atoms with Crippen LogP contribution in [0, 0.1) is 5.92 Å². The summed E-state index contributed by atoms with van der Waals surface area (Å²) in [4.78, 5) is 27.2. The van der Waals surface area contributed by atoms with Crippen LogP contribution in [-0.4, -0.2) is 23.3 Å². The smallest absolute Gasteiger partial charge is 0.229 e. The predicted molar refractivity (Wildman–Crippen MR) is 135 cm³/mol. The number of nitrogens with zero attached hydrogens (tertiary/aromatic N) is 1. The van der Waals surface area contributed by atoms with E-state index in [1.807, 2.05) is 73.7 Å². The Balaban J connectivity index is 1.33. The normalized spacial score (nSPS) is 16.9. The molecule has 5 nitrogen and oxygen atoms in total. The molecule has 1 heterocycles. The zero-order chi connectivity index (χ0) is 24.3. The van der Waals surface area contributed by atoms with Gasteiger partial charge in [0, 0.05) is 18.7 Å². The number of hydrogen-bond donors (Lipinski definition) is 1. The van der Waals surface area contributed by atoms with E-state index in [9.17, 15) is 9.59 Å². The Morgan fingerprint density at radius 1 is 0.941 bits per heavy atom. The lowest BCUT2D eigenvalue weighted by Crippen LogP contribution is -2.30. The third-order valence-corrected chi connectivity index (χ3v) is 6.36. The van der Waals surface area contributed by atoms with Crippen LogP contribution in [0.5, 0.6) is 11.5 Å². The van der Waals surface area contributed by atoms with Gasteiger partial charge in [-0.2, -0.15) is 0 Å². The van der Waals surface area contributed by atoms with E-state index in [1.165, 1.54) is 5.56 Å². The summed E-state index contributed by atoms with van der Waals surface area (Å²) in [7, 11) is 0. The number of ether oxygens (including phenoxy) is 1. The van der Waals surface area contributed by atoms with Gasteiger partial charge in [-0.25, -0.2) is 0 Å². The van der Waals surface area contributed by atoms with Crippen LogP contribution in [-0.2, 0) is 15.0 Å². The van der Waals surface area contributed by atoms with E-state index in [1.54, 1.807) is 4.90 Å². The monoisotopic (exact) mass is 456 g/mol. The number of nitrogens with one attached hydrogen (secondary N) is 1.